The number of carbonyl (C=O) groups excluding carboxylic acids is 3. The van der Waals surface area contributed by atoms with Gasteiger partial charge in [0.2, 0.25) is 5.78 Å². The van der Waals surface area contributed by atoms with Gasteiger partial charge in [-0.1, -0.05) is 18.2 Å². The van der Waals surface area contributed by atoms with E-state index in [0.29, 0.717) is 26.0 Å². The number of likely N-dealkylation sites (N-methyl/N-ethyl adjacent to an activating group) is 1. The van der Waals surface area contributed by atoms with Crippen LogP contribution in [0.4, 0.5) is 0 Å². The van der Waals surface area contributed by atoms with Crippen molar-refractivity contribution in [3.8, 4) is 17.1 Å². The fraction of sp³-hybridized carbons (Fsp3) is 0.276. The Balaban J connectivity index is 1.56. The van der Waals surface area contributed by atoms with Crippen LogP contribution in [0.3, 0.4) is 0 Å². The number of nitrogens with zero attached hydrogens (tertiary/aromatic N) is 1. The molecule has 4 atom stereocenters. The molecule has 1 heterocycles. The predicted molar refractivity (Wildman–Crippen MR) is 152 cm³/mol. The second-order valence-electron chi connectivity index (χ2n) is 10.7. The Bertz CT molecular complexity index is 1700. The number of halogens is 1. The number of primary amides is 1. The molecule has 40 heavy (non-hydrogen) atoms. The lowest BCUT2D eigenvalue weighted by Gasteiger charge is -2.50. The van der Waals surface area contributed by atoms with Gasteiger partial charge in [-0.15, -0.1) is 0 Å². The van der Waals surface area contributed by atoms with Crippen LogP contribution in [0.15, 0.2) is 57.7 Å². The van der Waals surface area contributed by atoms with E-state index in [-0.39, 0.29) is 29.7 Å². The predicted octanol–water partition coefficient (Wildman–Crippen LogP) is 2.98. The van der Waals surface area contributed by atoms with Crippen molar-refractivity contribution in [2.45, 2.75) is 24.5 Å². The number of hydrogen-bond donors (Lipinski definition) is 5. The topological polar surface area (TPSA) is 175 Å². The molecule has 2 aromatic carbocycles. The third kappa shape index (κ3) is 3.44. The fourth-order valence-electron chi connectivity index (χ4n) is 6.57. The largest absolute Gasteiger partial charge is 0.508 e. The zero-order chi connectivity index (χ0) is 28.8. The quantitative estimate of drug-likeness (QED) is 0.210. The number of nitrogens with two attached hydrogens (primary N) is 1. The lowest BCUT2D eigenvalue weighted by molar-refractivity contribution is -0.153. The van der Waals surface area contributed by atoms with Crippen molar-refractivity contribution in [3.05, 3.63) is 68.0 Å². The third-order valence-electron chi connectivity index (χ3n) is 8.36. The first-order chi connectivity index (χ1) is 18.9. The highest BCUT2D eigenvalue weighted by Gasteiger charge is 2.64. The number of aliphatic hydroxyl groups is 3. The van der Waals surface area contributed by atoms with Crippen LogP contribution in [-0.4, -0.2) is 68.5 Å². The van der Waals surface area contributed by atoms with Gasteiger partial charge in [-0.05, 0) is 79.2 Å². The van der Waals surface area contributed by atoms with Gasteiger partial charge < -0.3 is 30.6 Å². The normalized spacial score (nSPS) is 26.3. The Morgan fingerprint density at radius 2 is 1.85 bits per heavy atom. The van der Waals surface area contributed by atoms with Gasteiger partial charge in [-0.25, -0.2) is 0 Å². The number of rotatable bonds is 3. The van der Waals surface area contributed by atoms with E-state index in [0.717, 1.165) is 5.39 Å². The summed E-state index contributed by atoms with van der Waals surface area (Å²) in [5.74, 6) is -6.44. The summed E-state index contributed by atoms with van der Waals surface area (Å²) in [5.41, 5.74) is 3.20. The van der Waals surface area contributed by atoms with Gasteiger partial charge in [-0.3, -0.25) is 19.3 Å². The number of phenols is 1. The fourth-order valence-corrected chi connectivity index (χ4v) is 7.37. The minimum Gasteiger partial charge on any atom is -0.508 e. The summed E-state index contributed by atoms with van der Waals surface area (Å²) in [4.78, 5) is 40.8. The maximum Gasteiger partial charge on any atom is 0.255 e. The van der Waals surface area contributed by atoms with Crippen LogP contribution in [-0.2, 0) is 20.8 Å². The Hall–Kier alpha value is -3.68. The summed E-state index contributed by atoms with van der Waals surface area (Å²) in [5, 5.41) is 46.5. The summed E-state index contributed by atoms with van der Waals surface area (Å²) in [6, 6.07) is 9.71. The number of aromatic hydroxyl groups is 1. The zero-order valence-electron chi connectivity index (χ0n) is 21.4. The average Bonchev–Trinajstić information content (AvgIpc) is 3.32. The number of ketones is 2. The Labute approximate surface area is 241 Å². The molecule has 4 unspecified atom stereocenters. The molecule has 6 N–H and O–H groups in total. The summed E-state index contributed by atoms with van der Waals surface area (Å²) in [7, 11) is 3.13. The second-order valence-corrected chi connectivity index (χ2v) is 11.9. The summed E-state index contributed by atoms with van der Waals surface area (Å²) in [6.45, 7) is 0. The Morgan fingerprint density at radius 1 is 1.15 bits per heavy atom. The molecule has 0 spiro atoms. The van der Waals surface area contributed by atoms with E-state index >= 15 is 0 Å². The number of para-hydroxylation sites is 1. The Morgan fingerprint density at radius 3 is 2.50 bits per heavy atom. The average molecular weight is 656 g/mol. The first kappa shape index (κ1) is 26.5. The molecule has 1 saturated carbocycles. The van der Waals surface area contributed by atoms with Gasteiger partial charge in [0.25, 0.3) is 5.91 Å². The van der Waals surface area contributed by atoms with E-state index < -0.39 is 58.0 Å². The van der Waals surface area contributed by atoms with Crippen molar-refractivity contribution in [3.63, 3.8) is 0 Å². The summed E-state index contributed by atoms with van der Waals surface area (Å²) >= 11 is 2.10. The van der Waals surface area contributed by atoms with E-state index in [1.807, 2.05) is 18.2 Å². The summed E-state index contributed by atoms with van der Waals surface area (Å²) in [6.07, 6.45) is 0.259. The van der Waals surface area contributed by atoms with Gasteiger partial charge in [-0.2, -0.15) is 0 Å². The van der Waals surface area contributed by atoms with Crippen LogP contribution in [0.25, 0.3) is 28.1 Å². The summed E-state index contributed by atoms with van der Waals surface area (Å²) < 4.78 is 6.65. The van der Waals surface area contributed by atoms with Gasteiger partial charge >= 0.3 is 0 Å². The molecule has 6 rings (SSSR count). The molecular weight excluding hydrogens is 631 g/mol. The molecule has 3 aliphatic rings. The lowest BCUT2D eigenvalue weighted by Crippen LogP contribution is -2.65. The van der Waals surface area contributed by atoms with Gasteiger partial charge in [0.05, 0.1) is 17.2 Å². The van der Waals surface area contributed by atoms with E-state index in [9.17, 15) is 34.8 Å². The number of Topliss-reactive ketones (excluding diaryl/α,β-unsaturated/α-hetero) is 2. The standard InChI is InChI=1S/C29H25IN2O8/c1-32(2)22-15-8-12-7-13-16(30)10-14(18-9-11-5-3-4-6-17(11)40-18)23(33)20(13)24(34)19(12)26(36)29(15,39)27(37)21(25(22)35)28(31)38/h3-6,9-10,12,15,22,33-34,37,39H,7-8H2,1-2H3,(H2,31,38). The van der Waals surface area contributed by atoms with E-state index in [2.05, 4.69) is 22.6 Å². The molecule has 0 radical (unpaired) electrons. The number of aliphatic hydroxyl groups excluding tert-OH is 2. The molecule has 3 aromatic rings. The highest BCUT2D eigenvalue weighted by Crippen LogP contribution is 2.54. The first-order valence-electron chi connectivity index (χ1n) is 12.6. The smallest absolute Gasteiger partial charge is 0.255 e. The third-order valence-corrected chi connectivity index (χ3v) is 9.32. The zero-order valence-corrected chi connectivity index (χ0v) is 23.6. The van der Waals surface area contributed by atoms with Crippen molar-refractivity contribution < 1.29 is 39.2 Å². The molecular formula is C29H25IN2O8. The van der Waals surface area contributed by atoms with Gasteiger partial charge in [0.15, 0.2) is 11.4 Å². The van der Waals surface area contributed by atoms with Crippen LogP contribution in [0, 0.1) is 15.4 Å². The minimum absolute atomic E-state index is 0.0265. The van der Waals surface area contributed by atoms with Crippen molar-refractivity contribution in [2.75, 3.05) is 14.1 Å². The molecule has 3 aliphatic carbocycles. The second kappa shape index (κ2) is 8.91. The molecule has 0 bridgehead atoms. The van der Waals surface area contributed by atoms with E-state index in [4.69, 9.17) is 10.2 Å². The molecule has 0 saturated heterocycles. The van der Waals surface area contributed by atoms with Crippen molar-refractivity contribution in [1.82, 2.24) is 4.90 Å². The van der Waals surface area contributed by atoms with Crippen LogP contribution >= 0.6 is 22.6 Å². The van der Waals surface area contributed by atoms with Crippen molar-refractivity contribution in [2.24, 2.45) is 17.6 Å². The highest BCUT2D eigenvalue weighted by atomic mass is 127. The molecule has 1 fully saturated rings. The number of fused-ring (bicyclic) bond motifs is 4. The van der Waals surface area contributed by atoms with Crippen molar-refractivity contribution in [1.29, 1.82) is 0 Å². The van der Waals surface area contributed by atoms with Crippen LogP contribution < -0.4 is 5.73 Å². The Kier molecular flexibility index (Phi) is 5.91. The lowest BCUT2D eigenvalue weighted by atomic mass is 9.57. The van der Waals surface area contributed by atoms with Gasteiger partial charge in [0, 0.05) is 20.4 Å². The molecule has 1 aromatic heterocycles. The van der Waals surface area contributed by atoms with Crippen LogP contribution in [0.1, 0.15) is 17.5 Å². The molecule has 206 valence electrons. The molecule has 11 heteroatoms. The number of carbonyl (C=O) groups is 3. The minimum atomic E-state index is -2.68. The maximum atomic E-state index is 14.0. The van der Waals surface area contributed by atoms with Gasteiger partial charge in [0.1, 0.15) is 34.2 Å². The van der Waals surface area contributed by atoms with E-state index in [1.54, 1.807) is 32.3 Å². The first-order valence-corrected chi connectivity index (χ1v) is 13.6. The monoisotopic (exact) mass is 656 g/mol. The number of phenolic OH excluding ortho intramolecular Hbond substituents is 1. The number of amides is 1. The number of benzene rings is 2. The SMILES string of the molecule is CN(C)C1C(=O)C(C(N)=O)=C(O)C2(O)C(=O)C3=C(O)c4c(O)c(-c5cc6ccccc6o5)cc(I)c4CC3CC12. The molecule has 1 amide bonds. The molecule has 10 nitrogen and oxygen atoms in total. The highest BCUT2D eigenvalue weighted by molar-refractivity contribution is 14.1. The maximum absolute atomic E-state index is 14.0. The van der Waals surface area contributed by atoms with Crippen LogP contribution in [0.2, 0.25) is 0 Å². The number of furan rings is 1. The van der Waals surface area contributed by atoms with Crippen LogP contribution in [0.5, 0.6) is 5.75 Å². The van der Waals surface area contributed by atoms with Crippen molar-refractivity contribution >= 4 is 56.8 Å². The van der Waals surface area contributed by atoms with E-state index in [1.165, 1.54) is 4.90 Å². The number of hydrogen-bond acceptors (Lipinski definition) is 9. The molecule has 0 aliphatic heterocycles.